The maximum atomic E-state index is 11.7. The van der Waals surface area contributed by atoms with E-state index in [0.717, 1.165) is 0 Å². The van der Waals surface area contributed by atoms with Crippen molar-refractivity contribution in [2.24, 2.45) is 5.73 Å². The van der Waals surface area contributed by atoms with E-state index in [0.29, 0.717) is 0 Å². The average Bonchev–Trinajstić information content (AvgIpc) is 1.80. The predicted octanol–water partition coefficient (Wildman–Crippen LogP) is 0.820. The van der Waals surface area contributed by atoms with Crippen molar-refractivity contribution in [1.82, 2.24) is 0 Å². The predicted molar refractivity (Wildman–Crippen MR) is 26.0 cm³/mol. The molecule has 0 bridgehead atoms. The third-order valence-corrected chi connectivity index (χ3v) is 0.639. The highest BCUT2D eigenvalue weighted by atomic mass is 19.4. The van der Waals surface area contributed by atoms with Crippen LogP contribution in [0.1, 0.15) is 0 Å². The van der Waals surface area contributed by atoms with E-state index in [2.05, 4.69) is 4.74 Å². The smallest absolute Gasteiger partial charge is 0.340 e. The highest BCUT2D eigenvalue weighted by Crippen LogP contribution is 2.23. The molecule has 0 heterocycles. The van der Waals surface area contributed by atoms with E-state index < -0.39 is 19.1 Å². The van der Waals surface area contributed by atoms with Gasteiger partial charge in [0.15, 0.2) is 0 Å². The lowest BCUT2D eigenvalue weighted by molar-refractivity contribution is -0.263. The summed E-state index contributed by atoms with van der Waals surface area (Å²) in [5.74, 6) is 0. The van der Waals surface area contributed by atoms with Crippen LogP contribution in [-0.2, 0) is 4.74 Å². The zero-order chi connectivity index (χ0) is 8.20. The summed E-state index contributed by atoms with van der Waals surface area (Å²) >= 11 is 0. The number of rotatable bonds is 3. The van der Waals surface area contributed by atoms with E-state index in [1.54, 1.807) is 0 Å². The molecular formula is C4H7F4NO. The number of halogens is 4. The lowest BCUT2D eigenvalue weighted by Crippen LogP contribution is -2.29. The Morgan fingerprint density at radius 2 is 1.90 bits per heavy atom. The summed E-state index contributed by atoms with van der Waals surface area (Å²) in [5.41, 5.74) is 4.76. The molecule has 10 heavy (non-hydrogen) atoms. The first kappa shape index (κ1) is 9.64. The molecule has 62 valence electrons. The van der Waals surface area contributed by atoms with Gasteiger partial charge >= 0.3 is 6.18 Å². The standard InChI is InChI=1S/C4H7F4NO/c5-3(4(6,7)8)10-2-1-9/h3H,1-2,9H2. The molecule has 0 aromatic carbocycles. The van der Waals surface area contributed by atoms with Gasteiger partial charge in [0.2, 0.25) is 0 Å². The fraction of sp³-hybridized carbons (Fsp3) is 1.00. The monoisotopic (exact) mass is 161 g/mol. The summed E-state index contributed by atoms with van der Waals surface area (Å²) in [7, 11) is 0. The van der Waals surface area contributed by atoms with Crippen molar-refractivity contribution in [3.63, 3.8) is 0 Å². The molecule has 0 aromatic rings. The molecule has 2 nitrogen and oxygen atoms in total. The second kappa shape index (κ2) is 3.72. The second-order valence-electron chi connectivity index (χ2n) is 1.52. The van der Waals surface area contributed by atoms with Crippen molar-refractivity contribution >= 4 is 0 Å². The molecule has 0 rings (SSSR count). The Bertz CT molecular complexity index is 93.7. The van der Waals surface area contributed by atoms with Gasteiger partial charge in [0.25, 0.3) is 6.36 Å². The van der Waals surface area contributed by atoms with Gasteiger partial charge in [-0.1, -0.05) is 0 Å². The molecule has 0 fully saturated rings. The summed E-state index contributed by atoms with van der Waals surface area (Å²) in [6.07, 6.45) is -8.15. The minimum absolute atomic E-state index is 0.128. The molecule has 2 N–H and O–H groups in total. The minimum atomic E-state index is -4.94. The van der Waals surface area contributed by atoms with Gasteiger partial charge in [0.1, 0.15) is 0 Å². The van der Waals surface area contributed by atoms with Crippen LogP contribution in [0.5, 0.6) is 0 Å². The lowest BCUT2D eigenvalue weighted by Gasteiger charge is -2.11. The van der Waals surface area contributed by atoms with E-state index in [1.807, 2.05) is 0 Å². The molecule has 0 aliphatic heterocycles. The van der Waals surface area contributed by atoms with Crippen LogP contribution in [0, 0.1) is 0 Å². The molecule has 0 aliphatic carbocycles. The van der Waals surface area contributed by atoms with E-state index in [1.165, 1.54) is 0 Å². The van der Waals surface area contributed by atoms with Crippen LogP contribution in [0.25, 0.3) is 0 Å². The van der Waals surface area contributed by atoms with E-state index in [9.17, 15) is 17.6 Å². The number of ether oxygens (including phenoxy) is 1. The van der Waals surface area contributed by atoms with Crippen molar-refractivity contribution in [1.29, 1.82) is 0 Å². The molecule has 0 radical (unpaired) electrons. The van der Waals surface area contributed by atoms with Gasteiger partial charge in [-0.2, -0.15) is 13.2 Å². The average molecular weight is 161 g/mol. The second-order valence-corrected chi connectivity index (χ2v) is 1.52. The Morgan fingerprint density at radius 3 is 2.20 bits per heavy atom. The first-order chi connectivity index (χ1) is 4.48. The molecule has 0 aliphatic rings. The van der Waals surface area contributed by atoms with E-state index in [-0.39, 0.29) is 6.54 Å². The highest BCUT2D eigenvalue weighted by molar-refractivity contribution is 4.53. The summed E-state index contributed by atoms with van der Waals surface area (Å²) in [6.45, 7) is -0.558. The maximum absolute atomic E-state index is 11.7. The minimum Gasteiger partial charge on any atom is -0.340 e. The Morgan fingerprint density at radius 1 is 1.40 bits per heavy atom. The summed E-state index contributed by atoms with van der Waals surface area (Å²) in [6, 6.07) is 0. The van der Waals surface area contributed by atoms with Gasteiger partial charge in [-0.15, -0.1) is 0 Å². The molecule has 0 amide bonds. The van der Waals surface area contributed by atoms with Gasteiger partial charge in [0, 0.05) is 6.54 Å². The van der Waals surface area contributed by atoms with Crippen molar-refractivity contribution in [3.05, 3.63) is 0 Å². The first-order valence-corrected chi connectivity index (χ1v) is 2.51. The zero-order valence-corrected chi connectivity index (χ0v) is 4.99. The first-order valence-electron chi connectivity index (χ1n) is 2.51. The topological polar surface area (TPSA) is 35.2 Å². The normalized spacial score (nSPS) is 15.3. The summed E-state index contributed by atoms with van der Waals surface area (Å²) in [5, 5.41) is 0. The summed E-state index contributed by atoms with van der Waals surface area (Å²) in [4.78, 5) is 0. The quantitative estimate of drug-likeness (QED) is 0.622. The zero-order valence-electron chi connectivity index (χ0n) is 4.99. The van der Waals surface area contributed by atoms with Crippen LogP contribution in [-0.4, -0.2) is 25.7 Å². The van der Waals surface area contributed by atoms with Gasteiger partial charge < -0.3 is 10.5 Å². The van der Waals surface area contributed by atoms with Crippen LogP contribution in [0.3, 0.4) is 0 Å². The largest absolute Gasteiger partial charge is 0.445 e. The van der Waals surface area contributed by atoms with E-state index >= 15 is 0 Å². The van der Waals surface area contributed by atoms with Crippen molar-refractivity contribution in [2.45, 2.75) is 12.5 Å². The molecule has 0 saturated heterocycles. The highest BCUT2D eigenvalue weighted by Gasteiger charge is 2.41. The van der Waals surface area contributed by atoms with E-state index in [4.69, 9.17) is 5.73 Å². The number of hydrogen-bond acceptors (Lipinski definition) is 2. The van der Waals surface area contributed by atoms with Crippen molar-refractivity contribution in [3.8, 4) is 0 Å². The number of hydrogen-bond donors (Lipinski definition) is 1. The third kappa shape index (κ3) is 3.62. The maximum Gasteiger partial charge on any atom is 0.445 e. The molecule has 1 unspecified atom stereocenters. The SMILES string of the molecule is NCCOC(F)C(F)(F)F. The molecule has 0 saturated carbocycles. The van der Waals surface area contributed by atoms with Crippen LogP contribution >= 0.6 is 0 Å². The molecule has 0 aromatic heterocycles. The fourth-order valence-electron chi connectivity index (χ4n) is 0.266. The van der Waals surface area contributed by atoms with Gasteiger partial charge in [-0.05, 0) is 0 Å². The van der Waals surface area contributed by atoms with Gasteiger partial charge in [-0.25, -0.2) is 4.39 Å². The molecular weight excluding hydrogens is 154 g/mol. The molecule has 6 heteroatoms. The Balaban J connectivity index is 3.52. The van der Waals surface area contributed by atoms with Crippen molar-refractivity contribution < 1.29 is 22.3 Å². The van der Waals surface area contributed by atoms with Gasteiger partial charge in [0.05, 0.1) is 6.61 Å². The Hall–Kier alpha value is -0.360. The third-order valence-electron chi connectivity index (χ3n) is 0.639. The number of alkyl halides is 4. The molecule has 0 spiro atoms. The van der Waals surface area contributed by atoms with Crippen LogP contribution < -0.4 is 5.73 Å². The van der Waals surface area contributed by atoms with Crippen LogP contribution in [0.2, 0.25) is 0 Å². The van der Waals surface area contributed by atoms with Crippen LogP contribution in [0.4, 0.5) is 17.6 Å². The van der Waals surface area contributed by atoms with Crippen LogP contribution in [0.15, 0.2) is 0 Å². The fourth-order valence-corrected chi connectivity index (χ4v) is 0.266. The number of nitrogens with two attached hydrogens (primary N) is 1. The van der Waals surface area contributed by atoms with Crippen molar-refractivity contribution in [2.75, 3.05) is 13.2 Å². The van der Waals surface area contributed by atoms with Gasteiger partial charge in [-0.3, -0.25) is 0 Å². The summed E-state index contributed by atoms with van der Waals surface area (Å²) < 4.78 is 49.0. The lowest BCUT2D eigenvalue weighted by atomic mass is 10.6. The Labute approximate surface area is 54.9 Å². The Kier molecular flexibility index (Phi) is 3.59. The molecule has 1 atom stereocenters.